The standard InChI is InChI=1S/C20H32N2OS/c23-19(17-12-18(24-14-17)16-6-4-10-21-13-16)22-11-5-9-20(15-22)7-2-1-3-8-20/h12,16-17,21H,1-11,13-15H2. The fraction of sp³-hybridized carbons (Fsp3) is 0.850. The highest BCUT2D eigenvalue weighted by Crippen LogP contribution is 2.44. The SMILES string of the molecule is O=C(C1C=C(C2CCCNC2)SC1)N1CCCC2(CCCCC2)C1. The average Bonchev–Trinajstić information content (AvgIpc) is 3.13. The van der Waals surface area contributed by atoms with Crippen LogP contribution in [-0.4, -0.2) is 42.7 Å². The van der Waals surface area contributed by atoms with Crippen molar-refractivity contribution in [2.45, 2.75) is 57.8 Å². The van der Waals surface area contributed by atoms with Crippen LogP contribution in [0, 0.1) is 17.3 Å². The molecule has 4 rings (SSSR count). The van der Waals surface area contributed by atoms with Gasteiger partial charge in [-0.2, -0.15) is 0 Å². The van der Waals surface area contributed by atoms with Gasteiger partial charge in [-0.05, 0) is 55.4 Å². The summed E-state index contributed by atoms with van der Waals surface area (Å²) in [5, 5.41) is 3.51. The molecule has 3 fully saturated rings. The van der Waals surface area contributed by atoms with E-state index in [1.54, 1.807) is 0 Å². The number of nitrogens with one attached hydrogen (secondary N) is 1. The van der Waals surface area contributed by atoms with E-state index in [1.165, 1.54) is 62.7 Å². The lowest BCUT2D eigenvalue weighted by Gasteiger charge is -2.45. The summed E-state index contributed by atoms with van der Waals surface area (Å²) >= 11 is 1.95. The molecule has 2 saturated heterocycles. The Balaban J connectivity index is 1.39. The van der Waals surface area contributed by atoms with Gasteiger partial charge in [-0.25, -0.2) is 0 Å². The molecule has 1 N–H and O–H groups in total. The topological polar surface area (TPSA) is 32.3 Å². The van der Waals surface area contributed by atoms with E-state index in [0.717, 1.165) is 31.9 Å². The summed E-state index contributed by atoms with van der Waals surface area (Å²) in [6.07, 6.45) is 14.3. The molecule has 0 aromatic heterocycles. The Bertz CT molecular complexity index is 486. The molecule has 0 aromatic carbocycles. The number of carbonyl (C=O) groups is 1. The first-order chi connectivity index (χ1) is 11.8. The molecule has 134 valence electrons. The molecule has 4 aliphatic rings. The number of hydrogen-bond donors (Lipinski definition) is 1. The van der Waals surface area contributed by atoms with Gasteiger partial charge in [0.05, 0.1) is 5.92 Å². The Kier molecular flexibility index (Phi) is 5.24. The lowest BCUT2D eigenvalue weighted by atomic mass is 9.69. The predicted octanol–water partition coefficient (Wildman–Crippen LogP) is 3.81. The first-order valence-corrected chi connectivity index (χ1v) is 11.1. The molecule has 3 heterocycles. The third-order valence-corrected chi connectivity index (χ3v) is 8.03. The van der Waals surface area contributed by atoms with Crippen LogP contribution < -0.4 is 5.32 Å². The van der Waals surface area contributed by atoms with Crippen LogP contribution in [0.25, 0.3) is 0 Å². The third-order valence-electron chi connectivity index (χ3n) is 6.70. The number of rotatable bonds is 2. The molecule has 2 unspecified atom stereocenters. The molecule has 1 spiro atoms. The average molecular weight is 349 g/mol. The number of hydrogen-bond acceptors (Lipinski definition) is 3. The van der Waals surface area contributed by atoms with E-state index in [4.69, 9.17) is 0 Å². The molecule has 0 radical (unpaired) electrons. The van der Waals surface area contributed by atoms with Crippen molar-refractivity contribution < 1.29 is 4.79 Å². The number of piperidine rings is 2. The first kappa shape index (κ1) is 17.0. The fourth-order valence-corrected chi connectivity index (χ4v) is 6.62. The second-order valence-electron chi connectivity index (χ2n) is 8.45. The Hall–Kier alpha value is -0.480. The van der Waals surface area contributed by atoms with E-state index < -0.39 is 0 Å². The quantitative estimate of drug-likeness (QED) is 0.824. The van der Waals surface area contributed by atoms with Gasteiger partial charge in [-0.15, -0.1) is 11.8 Å². The van der Waals surface area contributed by atoms with Gasteiger partial charge in [0.1, 0.15) is 0 Å². The minimum absolute atomic E-state index is 0.144. The summed E-state index contributed by atoms with van der Waals surface area (Å²) in [5.74, 6) is 2.21. The second kappa shape index (κ2) is 7.41. The van der Waals surface area contributed by atoms with Gasteiger partial charge < -0.3 is 10.2 Å². The van der Waals surface area contributed by atoms with Crippen molar-refractivity contribution in [1.29, 1.82) is 0 Å². The van der Waals surface area contributed by atoms with Gasteiger partial charge in [0.25, 0.3) is 0 Å². The van der Waals surface area contributed by atoms with Gasteiger partial charge in [-0.3, -0.25) is 4.79 Å². The zero-order valence-corrected chi connectivity index (χ0v) is 15.7. The smallest absolute Gasteiger partial charge is 0.230 e. The van der Waals surface area contributed by atoms with Crippen molar-refractivity contribution in [3.8, 4) is 0 Å². The van der Waals surface area contributed by atoms with Crippen molar-refractivity contribution in [3.63, 3.8) is 0 Å². The van der Waals surface area contributed by atoms with Gasteiger partial charge in [0, 0.05) is 31.3 Å². The summed E-state index contributed by atoms with van der Waals surface area (Å²) in [6.45, 7) is 4.30. The highest BCUT2D eigenvalue weighted by Gasteiger charge is 2.40. The van der Waals surface area contributed by atoms with Crippen molar-refractivity contribution in [1.82, 2.24) is 10.2 Å². The maximum Gasteiger partial charge on any atom is 0.230 e. The van der Waals surface area contributed by atoms with Crippen LogP contribution in [0.1, 0.15) is 57.8 Å². The van der Waals surface area contributed by atoms with E-state index in [1.807, 2.05) is 11.8 Å². The Morgan fingerprint density at radius 3 is 2.79 bits per heavy atom. The maximum atomic E-state index is 13.1. The van der Waals surface area contributed by atoms with Gasteiger partial charge in [0.2, 0.25) is 5.91 Å². The van der Waals surface area contributed by atoms with E-state index in [-0.39, 0.29) is 5.92 Å². The maximum absolute atomic E-state index is 13.1. The van der Waals surface area contributed by atoms with Crippen molar-refractivity contribution in [3.05, 3.63) is 11.0 Å². The number of nitrogens with zero attached hydrogens (tertiary/aromatic N) is 1. The second-order valence-corrected chi connectivity index (χ2v) is 9.55. The number of amides is 1. The molecular weight excluding hydrogens is 316 g/mol. The summed E-state index contributed by atoms with van der Waals surface area (Å²) in [4.78, 5) is 16.8. The zero-order valence-electron chi connectivity index (χ0n) is 14.9. The van der Waals surface area contributed by atoms with Crippen molar-refractivity contribution in [2.24, 2.45) is 17.3 Å². The Labute approximate surface area is 151 Å². The monoisotopic (exact) mass is 348 g/mol. The Morgan fingerprint density at radius 2 is 2.00 bits per heavy atom. The molecule has 0 bridgehead atoms. The number of likely N-dealkylation sites (tertiary alicyclic amines) is 1. The fourth-order valence-electron chi connectivity index (χ4n) is 5.31. The number of carbonyl (C=O) groups excluding carboxylic acids is 1. The van der Waals surface area contributed by atoms with E-state index in [9.17, 15) is 4.79 Å². The van der Waals surface area contributed by atoms with Gasteiger partial charge in [-0.1, -0.05) is 25.3 Å². The van der Waals surface area contributed by atoms with E-state index >= 15 is 0 Å². The lowest BCUT2D eigenvalue weighted by Crippen LogP contribution is -2.48. The molecule has 4 heteroatoms. The summed E-state index contributed by atoms with van der Waals surface area (Å²) in [5.41, 5.74) is 0.470. The molecule has 24 heavy (non-hydrogen) atoms. The molecule has 3 nitrogen and oxygen atoms in total. The van der Waals surface area contributed by atoms with Crippen molar-refractivity contribution in [2.75, 3.05) is 31.9 Å². The summed E-state index contributed by atoms with van der Waals surface area (Å²) in [7, 11) is 0. The van der Waals surface area contributed by atoms with Crippen LogP contribution in [0.3, 0.4) is 0 Å². The molecule has 1 aliphatic carbocycles. The van der Waals surface area contributed by atoms with Crippen LogP contribution in [0.5, 0.6) is 0 Å². The van der Waals surface area contributed by atoms with Gasteiger partial charge in [0.15, 0.2) is 0 Å². The molecule has 1 amide bonds. The molecular formula is C20H32N2OS. The van der Waals surface area contributed by atoms with E-state index in [2.05, 4.69) is 16.3 Å². The van der Waals surface area contributed by atoms with E-state index in [0.29, 0.717) is 17.2 Å². The predicted molar refractivity (Wildman–Crippen MR) is 101 cm³/mol. The molecule has 3 aliphatic heterocycles. The normalized spacial score (nSPS) is 33.5. The lowest BCUT2D eigenvalue weighted by molar-refractivity contribution is -0.137. The first-order valence-electron chi connectivity index (χ1n) is 10.1. The molecule has 2 atom stereocenters. The number of thioether (sulfide) groups is 1. The van der Waals surface area contributed by atoms with Crippen LogP contribution in [0.2, 0.25) is 0 Å². The zero-order chi connectivity index (χ0) is 16.4. The largest absolute Gasteiger partial charge is 0.342 e. The van der Waals surface area contributed by atoms with Crippen LogP contribution in [0.4, 0.5) is 0 Å². The Morgan fingerprint density at radius 1 is 1.17 bits per heavy atom. The summed E-state index contributed by atoms with van der Waals surface area (Å²) in [6, 6.07) is 0. The third kappa shape index (κ3) is 3.55. The highest BCUT2D eigenvalue weighted by atomic mass is 32.2. The minimum Gasteiger partial charge on any atom is -0.342 e. The molecule has 1 saturated carbocycles. The van der Waals surface area contributed by atoms with Crippen LogP contribution >= 0.6 is 11.8 Å². The van der Waals surface area contributed by atoms with Crippen LogP contribution in [-0.2, 0) is 4.79 Å². The molecule has 0 aromatic rings. The minimum atomic E-state index is 0.144. The summed E-state index contributed by atoms with van der Waals surface area (Å²) < 4.78 is 0. The van der Waals surface area contributed by atoms with Crippen molar-refractivity contribution >= 4 is 17.7 Å². The van der Waals surface area contributed by atoms with Gasteiger partial charge >= 0.3 is 0 Å². The highest BCUT2D eigenvalue weighted by molar-refractivity contribution is 8.03. The van der Waals surface area contributed by atoms with Crippen LogP contribution in [0.15, 0.2) is 11.0 Å².